The molecule has 32 heavy (non-hydrogen) atoms. The molecular formula is C23H27N7O2. The van der Waals surface area contributed by atoms with Crippen LogP contribution in [0.2, 0.25) is 0 Å². The van der Waals surface area contributed by atoms with E-state index in [0.29, 0.717) is 36.8 Å². The number of nitrogens with zero attached hydrogens (tertiary/aromatic N) is 5. The lowest BCUT2D eigenvalue weighted by Crippen LogP contribution is -2.41. The summed E-state index contributed by atoms with van der Waals surface area (Å²) >= 11 is 0. The first-order valence-electron chi connectivity index (χ1n) is 10.7. The topological polar surface area (TPSA) is 106 Å². The van der Waals surface area contributed by atoms with Gasteiger partial charge < -0.3 is 19.9 Å². The largest absolute Gasteiger partial charge is 0.375 e. The molecule has 1 aromatic carbocycles. The number of morpholine rings is 1. The van der Waals surface area contributed by atoms with Crippen LogP contribution in [0.15, 0.2) is 36.3 Å². The number of aryl methyl sites for hydroxylation is 1. The first-order chi connectivity index (χ1) is 15.5. The molecule has 2 aromatic rings. The monoisotopic (exact) mass is 433 g/mol. The van der Waals surface area contributed by atoms with Gasteiger partial charge >= 0.3 is 0 Å². The quantitative estimate of drug-likeness (QED) is 0.693. The molecule has 9 heteroatoms. The number of fused-ring (bicyclic) bond motifs is 1. The van der Waals surface area contributed by atoms with Crippen molar-refractivity contribution in [2.24, 2.45) is 0 Å². The van der Waals surface area contributed by atoms with Gasteiger partial charge in [-0.2, -0.15) is 5.26 Å². The Morgan fingerprint density at radius 2 is 2.22 bits per heavy atom. The van der Waals surface area contributed by atoms with Crippen molar-refractivity contribution in [3.05, 3.63) is 47.5 Å². The number of hydrogen-bond acceptors (Lipinski definition) is 8. The van der Waals surface area contributed by atoms with Crippen molar-refractivity contribution in [1.82, 2.24) is 14.9 Å². The van der Waals surface area contributed by atoms with Crippen molar-refractivity contribution in [2.45, 2.75) is 26.4 Å². The number of hydrogen-bond donors (Lipinski definition) is 2. The number of nitrogens with one attached hydrogen (secondary N) is 2. The first-order valence-corrected chi connectivity index (χ1v) is 10.7. The van der Waals surface area contributed by atoms with Gasteiger partial charge in [0, 0.05) is 25.8 Å². The molecule has 1 unspecified atom stereocenters. The molecule has 3 heterocycles. The number of rotatable bonds is 5. The Balaban J connectivity index is 1.59. The highest BCUT2D eigenvalue weighted by molar-refractivity contribution is 5.92. The summed E-state index contributed by atoms with van der Waals surface area (Å²) in [5.74, 6) is 0.633. The van der Waals surface area contributed by atoms with Crippen LogP contribution >= 0.6 is 0 Å². The number of nitriles is 1. The van der Waals surface area contributed by atoms with Crippen molar-refractivity contribution < 1.29 is 9.53 Å². The standard InChI is InChI=1S/C23H27N7O2/c1-4-30-19-8-6-5-7-18(19)26-22(30)17(12-24)21-15(2)13-25-23(28-21)27-20(31)11-16-14-29(3)9-10-32-16/h5-8,13,16,26H,4,9-11,14H2,1-3H3,(H,25,27,28,31)/b22-17+. The minimum absolute atomic E-state index is 0.158. The molecule has 1 fully saturated rings. The van der Waals surface area contributed by atoms with Crippen LogP contribution in [0.25, 0.3) is 5.57 Å². The van der Waals surface area contributed by atoms with Crippen LogP contribution in [0.5, 0.6) is 0 Å². The van der Waals surface area contributed by atoms with Crippen LogP contribution in [0, 0.1) is 18.3 Å². The van der Waals surface area contributed by atoms with Crippen molar-refractivity contribution in [2.75, 3.05) is 48.8 Å². The fourth-order valence-corrected chi connectivity index (χ4v) is 4.00. The summed E-state index contributed by atoms with van der Waals surface area (Å²) < 4.78 is 5.67. The first kappa shape index (κ1) is 21.7. The Morgan fingerprint density at radius 3 is 2.97 bits per heavy atom. The van der Waals surface area contributed by atoms with E-state index in [1.165, 1.54) is 0 Å². The van der Waals surface area contributed by atoms with E-state index in [1.807, 2.05) is 50.1 Å². The van der Waals surface area contributed by atoms with Crippen LogP contribution in [0.4, 0.5) is 17.3 Å². The maximum absolute atomic E-state index is 12.5. The van der Waals surface area contributed by atoms with Crippen LogP contribution in [0.1, 0.15) is 24.6 Å². The molecule has 0 saturated carbocycles. The molecule has 166 valence electrons. The number of amides is 1. The molecule has 2 aliphatic rings. The number of para-hydroxylation sites is 2. The number of carbonyl (C=O) groups excluding carboxylic acids is 1. The van der Waals surface area contributed by atoms with Gasteiger partial charge in [0.25, 0.3) is 0 Å². The minimum atomic E-state index is -0.215. The number of allylic oxidation sites excluding steroid dienone is 1. The summed E-state index contributed by atoms with van der Waals surface area (Å²) in [6.45, 7) is 6.75. The van der Waals surface area contributed by atoms with Gasteiger partial charge in [0.05, 0.1) is 36.2 Å². The predicted octanol–water partition coefficient (Wildman–Crippen LogP) is 2.59. The highest BCUT2D eigenvalue weighted by Gasteiger charge is 2.27. The molecule has 2 N–H and O–H groups in total. The molecular weight excluding hydrogens is 406 g/mol. The third-order valence-electron chi connectivity index (χ3n) is 5.60. The van der Waals surface area contributed by atoms with E-state index in [4.69, 9.17) is 4.74 Å². The zero-order chi connectivity index (χ0) is 22.7. The lowest BCUT2D eigenvalue weighted by atomic mass is 10.1. The minimum Gasteiger partial charge on any atom is -0.375 e. The van der Waals surface area contributed by atoms with E-state index in [0.717, 1.165) is 23.5 Å². The normalized spacial score (nSPS) is 19.7. The maximum atomic E-state index is 12.5. The highest BCUT2D eigenvalue weighted by atomic mass is 16.5. The number of likely N-dealkylation sites (N-methyl/N-ethyl adjacent to an activating group) is 1. The van der Waals surface area contributed by atoms with E-state index in [2.05, 4.69) is 31.6 Å². The zero-order valence-corrected chi connectivity index (χ0v) is 18.6. The summed E-state index contributed by atoms with van der Waals surface area (Å²) in [6, 6.07) is 10.2. The van der Waals surface area contributed by atoms with Gasteiger partial charge in [0.15, 0.2) is 0 Å². The molecule has 1 saturated heterocycles. The number of benzene rings is 1. The zero-order valence-electron chi connectivity index (χ0n) is 18.6. The van der Waals surface area contributed by atoms with E-state index in [9.17, 15) is 10.1 Å². The van der Waals surface area contributed by atoms with Crippen molar-refractivity contribution >= 4 is 28.8 Å². The molecule has 0 aliphatic carbocycles. The van der Waals surface area contributed by atoms with Crippen molar-refractivity contribution in [1.29, 1.82) is 5.26 Å². The second kappa shape index (κ2) is 9.34. The molecule has 1 aromatic heterocycles. The Bertz CT molecular complexity index is 1090. The summed E-state index contributed by atoms with van der Waals surface area (Å²) in [5, 5.41) is 16.1. The molecule has 9 nitrogen and oxygen atoms in total. The molecule has 1 amide bonds. The maximum Gasteiger partial charge on any atom is 0.229 e. The Labute approximate surface area is 187 Å². The van der Waals surface area contributed by atoms with Gasteiger partial charge in [-0.1, -0.05) is 12.1 Å². The van der Waals surface area contributed by atoms with Gasteiger partial charge in [-0.05, 0) is 38.6 Å². The van der Waals surface area contributed by atoms with Crippen LogP contribution < -0.4 is 15.5 Å². The Kier molecular flexibility index (Phi) is 6.35. The average molecular weight is 434 g/mol. The summed E-state index contributed by atoms with van der Waals surface area (Å²) in [4.78, 5) is 25.5. The van der Waals surface area contributed by atoms with E-state index >= 15 is 0 Å². The Hall–Kier alpha value is -3.48. The van der Waals surface area contributed by atoms with Crippen molar-refractivity contribution in [3.63, 3.8) is 0 Å². The summed E-state index contributed by atoms with van der Waals surface area (Å²) in [6.07, 6.45) is 1.69. The Morgan fingerprint density at radius 1 is 1.41 bits per heavy atom. The molecule has 4 rings (SSSR count). The van der Waals surface area contributed by atoms with Gasteiger partial charge in [-0.15, -0.1) is 0 Å². The molecule has 0 radical (unpaired) electrons. The lowest BCUT2D eigenvalue weighted by Gasteiger charge is -2.29. The van der Waals surface area contributed by atoms with Crippen LogP contribution in [-0.4, -0.2) is 60.2 Å². The number of aromatic nitrogens is 2. The smallest absolute Gasteiger partial charge is 0.229 e. The van der Waals surface area contributed by atoms with Gasteiger partial charge in [0.1, 0.15) is 17.5 Å². The highest BCUT2D eigenvalue weighted by Crippen LogP contribution is 2.38. The second-order valence-electron chi connectivity index (χ2n) is 7.95. The lowest BCUT2D eigenvalue weighted by molar-refractivity contribution is -0.120. The number of anilines is 3. The molecule has 1 atom stereocenters. The third-order valence-corrected chi connectivity index (χ3v) is 5.60. The second-order valence-corrected chi connectivity index (χ2v) is 7.95. The van der Waals surface area contributed by atoms with Gasteiger partial charge in [-0.25, -0.2) is 9.97 Å². The third kappa shape index (κ3) is 4.42. The summed E-state index contributed by atoms with van der Waals surface area (Å²) in [5.41, 5.74) is 3.58. The van der Waals surface area contributed by atoms with Gasteiger partial charge in [0.2, 0.25) is 11.9 Å². The van der Waals surface area contributed by atoms with Crippen molar-refractivity contribution in [3.8, 4) is 6.07 Å². The van der Waals surface area contributed by atoms with Crippen LogP contribution in [-0.2, 0) is 9.53 Å². The van der Waals surface area contributed by atoms with E-state index in [1.54, 1.807) is 6.20 Å². The fraction of sp³-hybridized carbons (Fsp3) is 0.391. The number of ether oxygens (including phenoxy) is 1. The predicted molar refractivity (Wildman–Crippen MR) is 123 cm³/mol. The molecule has 0 spiro atoms. The average Bonchev–Trinajstić information content (AvgIpc) is 3.14. The molecule has 2 aliphatic heterocycles. The van der Waals surface area contributed by atoms with E-state index < -0.39 is 0 Å². The van der Waals surface area contributed by atoms with Gasteiger partial charge in [-0.3, -0.25) is 10.1 Å². The molecule has 0 bridgehead atoms. The summed E-state index contributed by atoms with van der Waals surface area (Å²) in [7, 11) is 2.01. The van der Waals surface area contributed by atoms with Crippen LogP contribution in [0.3, 0.4) is 0 Å². The van der Waals surface area contributed by atoms with E-state index in [-0.39, 0.29) is 24.4 Å². The fourth-order valence-electron chi connectivity index (χ4n) is 4.00. The number of carbonyl (C=O) groups is 1. The SMILES string of the molecule is CCN1/C(=C(\C#N)c2nc(NC(=O)CC3CN(C)CCO3)ncc2C)Nc2ccccc21.